The molecule has 0 unspecified atom stereocenters. The van der Waals surface area contributed by atoms with Crippen molar-refractivity contribution >= 4 is 23.5 Å². The molecule has 1 aromatic heterocycles. The van der Waals surface area contributed by atoms with E-state index < -0.39 is 0 Å². The van der Waals surface area contributed by atoms with Crippen LogP contribution in [0.3, 0.4) is 0 Å². The number of nitrogens with one attached hydrogen (secondary N) is 2. The molecule has 0 aliphatic carbocycles. The average Bonchev–Trinajstić information content (AvgIpc) is 3.05. The predicted molar refractivity (Wildman–Crippen MR) is 128 cm³/mol. The first-order chi connectivity index (χ1) is 15.1. The van der Waals surface area contributed by atoms with Crippen molar-refractivity contribution < 1.29 is 0 Å². The van der Waals surface area contributed by atoms with E-state index in [0.717, 1.165) is 30.3 Å². The molecule has 0 spiro atoms. The maximum absolute atomic E-state index is 4.79. The number of hydrogen-bond donors (Lipinski definition) is 2. The summed E-state index contributed by atoms with van der Waals surface area (Å²) >= 11 is 0. The minimum absolute atomic E-state index is 0.578. The molecule has 2 aromatic carbocycles. The fourth-order valence-corrected chi connectivity index (χ4v) is 3.91. The Kier molecular flexibility index (Phi) is 6.65. The monoisotopic (exact) mass is 416 g/mol. The van der Waals surface area contributed by atoms with Crippen LogP contribution in [0.5, 0.6) is 0 Å². The Labute approximate surface area is 185 Å². The minimum atomic E-state index is 0.578. The third kappa shape index (κ3) is 5.72. The van der Waals surface area contributed by atoms with Gasteiger partial charge in [0.25, 0.3) is 0 Å². The van der Waals surface area contributed by atoms with E-state index in [0.29, 0.717) is 18.4 Å². The van der Waals surface area contributed by atoms with E-state index in [2.05, 4.69) is 83.8 Å². The van der Waals surface area contributed by atoms with E-state index >= 15 is 0 Å². The number of anilines is 4. The quantitative estimate of drug-likeness (QED) is 0.550. The van der Waals surface area contributed by atoms with Crippen LogP contribution in [-0.2, 0) is 6.54 Å². The van der Waals surface area contributed by atoms with Gasteiger partial charge in [0.15, 0.2) is 0 Å². The van der Waals surface area contributed by atoms with E-state index in [-0.39, 0.29) is 0 Å². The Hall–Kier alpha value is -3.15. The van der Waals surface area contributed by atoms with E-state index in [1.54, 1.807) is 0 Å². The molecule has 0 radical (unpaired) electrons. The highest BCUT2D eigenvalue weighted by molar-refractivity contribution is 5.61. The van der Waals surface area contributed by atoms with Crippen molar-refractivity contribution in [3.8, 4) is 0 Å². The normalized spacial score (nSPS) is 14.2. The molecule has 0 saturated carbocycles. The molecule has 2 N–H and O–H groups in total. The van der Waals surface area contributed by atoms with Gasteiger partial charge in [0.2, 0.25) is 17.8 Å². The Morgan fingerprint density at radius 2 is 1.55 bits per heavy atom. The molecule has 1 aliphatic rings. The first-order valence-corrected chi connectivity index (χ1v) is 11.2. The first-order valence-electron chi connectivity index (χ1n) is 11.2. The van der Waals surface area contributed by atoms with Gasteiger partial charge in [0, 0.05) is 25.3 Å². The van der Waals surface area contributed by atoms with Gasteiger partial charge in [-0.05, 0) is 56.4 Å². The topological polar surface area (TPSA) is 66.0 Å². The third-order valence-electron chi connectivity index (χ3n) is 5.69. The second-order valence-electron chi connectivity index (χ2n) is 8.47. The van der Waals surface area contributed by atoms with Crippen molar-refractivity contribution in [1.82, 2.24) is 15.0 Å². The molecule has 0 bridgehead atoms. The summed E-state index contributed by atoms with van der Waals surface area (Å²) in [7, 11) is 0. The molecule has 3 aromatic rings. The molecular formula is C25H32N6. The van der Waals surface area contributed by atoms with Gasteiger partial charge in [-0.3, -0.25) is 0 Å². The molecule has 6 heteroatoms. The largest absolute Gasteiger partial charge is 0.350 e. The number of aryl methyl sites for hydroxylation is 3. The van der Waals surface area contributed by atoms with Gasteiger partial charge in [-0.25, -0.2) is 0 Å². The summed E-state index contributed by atoms with van der Waals surface area (Å²) in [4.78, 5) is 16.5. The predicted octanol–water partition coefficient (Wildman–Crippen LogP) is 5.53. The van der Waals surface area contributed by atoms with Crippen LogP contribution in [-0.4, -0.2) is 28.0 Å². The fourth-order valence-electron chi connectivity index (χ4n) is 3.91. The zero-order valence-corrected chi connectivity index (χ0v) is 18.8. The lowest BCUT2D eigenvalue weighted by Crippen LogP contribution is -2.27. The van der Waals surface area contributed by atoms with Gasteiger partial charge >= 0.3 is 0 Å². The molecule has 2 heterocycles. The summed E-state index contributed by atoms with van der Waals surface area (Å²) in [6.07, 6.45) is 4.90. The standard InChI is InChI=1S/C25H32N6/c1-18-9-8-10-21(15-18)17-26-23-28-24(27-22-16-19(2)11-12-20(22)3)30-25(29-23)31-13-6-4-5-7-14-31/h8-12,15-16H,4-7,13-14,17H2,1-3H3,(H2,26,27,28,29,30). The minimum Gasteiger partial charge on any atom is -0.350 e. The fraction of sp³-hybridized carbons (Fsp3) is 0.400. The molecule has 6 nitrogen and oxygen atoms in total. The van der Waals surface area contributed by atoms with Crippen molar-refractivity contribution in [3.63, 3.8) is 0 Å². The summed E-state index contributed by atoms with van der Waals surface area (Å²) in [5.41, 5.74) is 5.85. The highest BCUT2D eigenvalue weighted by Gasteiger charge is 2.16. The number of rotatable bonds is 6. The highest BCUT2D eigenvalue weighted by atomic mass is 15.3. The summed E-state index contributed by atoms with van der Waals surface area (Å²) in [6, 6.07) is 14.8. The molecule has 162 valence electrons. The van der Waals surface area contributed by atoms with Crippen LogP contribution >= 0.6 is 0 Å². The number of nitrogens with zero attached hydrogens (tertiary/aromatic N) is 4. The molecule has 4 rings (SSSR count). The average molecular weight is 417 g/mol. The Morgan fingerprint density at radius 1 is 0.806 bits per heavy atom. The molecule has 0 amide bonds. The Balaban J connectivity index is 1.61. The van der Waals surface area contributed by atoms with Crippen molar-refractivity contribution in [2.45, 2.75) is 53.0 Å². The first kappa shape index (κ1) is 21.1. The smallest absolute Gasteiger partial charge is 0.233 e. The highest BCUT2D eigenvalue weighted by Crippen LogP contribution is 2.23. The second kappa shape index (κ2) is 9.77. The van der Waals surface area contributed by atoms with Crippen molar-refractivity contribution in [3.05, 3.63) is 64.7 Å². The molecule has 1 fully saturated rings. The van der Waals surface area contributed by atoms with Gasteiger partial charge in [-0.2, -0.15) is 15.0 Å². The van der Waals surface area contributed by atoms with E-state index in [1.807, 2.05) is 0 Å². The van der Waals surface area contributed by atoms with E-state index in [9.17, 15) is 0 Å². The van der Waals surface area contributed by atoms with Crippen molar-refractivity contribution in [1.29, 1.82) is 0 Å². The van der Waals surface area contributed by atoms with Crippen LogP contribution in [0, 0.1) is 20.8 Å². The number of aromatic nitrogens is 3. The lowest BCUT2D eigenvalue weighted by molar-refractivity contribution is 0.726. The lowest BCUT2D eigenvalue weighted by atomic mass is 10.1. The van der Waals surface area contributed by atoms with Crippen molar-refractivity contribution in [2.24, 2.45) is 0 Å². The maximum atomic E-state index is 4.79. The summed E-state index contributed by atoms with van der Waals surface area (Å²) in [6.45, 7) is 8.95. The van der Waals surface area contributed by atoms with Gasteiger partial charge in [-0.1, -0.05) is 54.8 Å². The maximum Gasteiger partial charge on any atom is 0.233 e. The van der Waals surface area contributed by atoms with E-state index in [1.165, 1.54) is 42.4 Å². The van der Waals surface area contributed by atoms with Crippen LogP contribution in [0.25, 0.3) is 0 Å². The lowest BCUT2D eigenvalue weighted by Gasteiger charge is -2.21. The van der Waals surface area contributed by atoms with Crippen LogP contribution in [0.2, 0.25) is 0 Å². The van der Waals surface area contributed by atoms with Gasteiger partial charge in [-0.15, -0.1) is 0 Å². The number of benzene rings is 2. The van der Waals surface area contributed by atoms with Gasteiger partial charge < -0.3 is 15.5 Å². The van der Waals surface area contributed by atoms with E-state index in [4.69, 9.17) is 9.97 Å². The van der Waals surface area contributed by atoms with Crippen LogP contribution in [0.15, 0.2) is 42.5 Å². The zero-order chi connectivity index (χ0) is 21.6. The summed E-state index contributed by atoms with van der Waals surface area (Å²) in [5.74, 6) is 1.93. The summed E-state index contributed by atoms with van der Waals surface area (Å²) < 4.78 is 0. The van der Waals surface area contributed by atoms with Crippen LogP contribution in [0.1, 0.15) is 47.9 Å². The Bertz CT molecular complexity index is 1020. The molecular weight excluding hydrogens is 384 g/mol. The van der Waals surface area contributed by atoms with Crippen LogP contribution < -0.4 is 15.5 Å². The molecule has 0 atom stereocenters. The second-order valence-corrected chi connectivity index (χ2v) is 8.47. The Morgan fingerprint density at radius 3 is 2.32 bits per heavy atom. The van der Waals surface area contributed by atoms with Gasteiger partial charge in [0.1, 0.15) is 0 Å². The molecule has 1 aliphatic heterocycles. The number of hydrogen-bond acceptors (Lipinski definition) is 6. The van der Waals surface area contributed by atoms with Crippen molar-refractivity contribution in [2.75, 3.05) is 28.6 Å². The third-order valence-corrected chi connectivity index (χ3v) is 5.69. The van der Waals surface area contributed by atoms with Gasteiger partial charge in [0.05, 0.1) is 0 Å². The molecule has 31 heavy (non-hydrogen) atoms. The molecule has 1 saturated heterocycles. The summed E-state index contributed by atoms with van der Waals surface area (Å²) in [5, 5.41) is 6.83. The van der Waals surface area contributed by atoms with Crippen LogP contribution in [0.4, 0.5) is 23.5 Å². The SMILES string of the molecule is Cc1cccc(CNc2nc(Nc3cc(C)ccc3C)nc(N3CCCCCC3)n2)c1. The zero-order valence-electron chi connectivity index (χ0n) is 18.8.